The summed E-state index contributed by atoms with van der Waals surface area (Å²) in [7, 11) is -2.54. The van der Waals surface area contributed by atoms with Gasteiger partial charge in [0.1, 0.15) is 18.3 Å². The maximum Gasteiger partial charge on any atom is 0.264 e. The molecule has 0 saturated carbocycles. The maximum absolute atomic E-state index is 14.1. The smallest absolute Gasteiger partial charge is 0.264 e. The normalized spacial score (nSPS) is 12.1. The van der Waals surface area contributed by atoms with E-state index in [4.69, 9.17) is 4.74 Å². The van der Waals surface area contributed by atoms with Crippen LogP contribution >= 0.6 is 0 Å². The lowest BCUT2D eigenvalue weighted by molar-refractivity contribution is -0.140. The minimum Gasteiger partial charge on any atom is -0.497 e. The topological polar surface area (TPSA) is 96.0 Å². The first-order valence-corrected chi connectivity index (χ1v) is 14.8. The Morgan fingerprint density at radius 1 is 0.925 bits per heavy atom. The lowest BCUT2D eigenvalue weighted by Gasteiger charge is -2.33. The van der Waals surface area contributed by atoms with Gasteiger partial charge in [-0.25, -0.2) is 8.42 Å². The summed E-state index contributed by atoms with van der Waals surface area (Å²) in [5.74, 6) is -0.170. The van der Waals surface area contributed by atoms with Crippen LogP contribution in [0, 0.1) is 13.8 Å². The van der Waals surface area contributed by atoms with Crippen LogP contribution in [0.25, 0.3) is 0 Å². The molecule has 40 heavy (non-hydrogen) atoms. The summed E-state index contributed by atoms with van der Waals surface area (Å²) in [6.45, 7) is 9.00. The van der Waals surface area contributed by atoms with Crippen LogP contribution < -0.4 is 14.4 Å². The Kier molecular flexibility index (Phi) is 10.3. The van der Waals surface area contributed by atoms with Crippen LogP contribution in [0.4, 0.5) is 5.69 Å². The van der Waals surface area contributed by atoms with Crippen LogP contribution in [0.15, 0.2) is 77.7 Å². The summed E-state index contributed by atoms with van der Waals surface area (Å²) in [6, 6.07) is 19.7. The second-order valence-corrected chi connectivity index (χ2v) is 11.9. The second kappa shape index (κ2) is 13.5. The van der Waals surface area contributed by atoms with Crippen LogP contribution in [0.3, 0.4) is 0 Å². The van der Waals surface area contributed by atoms with Crippen molar-refractivity contribution in [2.24, 2.45) is 0 Å². The van der Waals surface area contributed by atoms with Gasteiger partial charge in [-0.2, -0.15) is 0 Å². The molecule has 0 unspecified atom stereocenters. The van der Waals surface area contributed by atoms with Crippen molar-refractivity contribution in [1.29, 1.82) is 0 Å². The van der Waals surface area contributed by atoms with Crippen molar-refractivity contribution in [3.63, 3.8) is 0 Å². The van der Waals surface area contributed by atoms with Crippen molar-refractivity contribution in [1.82, 2.24) is 10.2 Å². The molecule has 9 heteroatoms. The minimum absolute atomic E-state index is 0.0740. The number of sulfonamides is 1. The molecule has 3 aromatic rings. The Morgan fingerprint density at radius 3 is 2.23 bits per heavy atom. The van der Waals surface area contributed by atoms with Gasteiger partial charge in [-0.1, -0.05) is 43.3 Å². The lowest BCUT2D eigenvalue weighted by Crippen LogP contribution is -2.53. The molecule has 8 nitrogen and oxygen atoms in total. The SMILES string of the molecule is CC[C@@H](C(=O)NC(C)C)N(Cc1cccc(OC)c1)C(=O)CN(c1ccc(C)c(C)c1)S(=O)(=O)c1ccccc1. The molecule has 0 aromatic heterocycles. The van der Waals surface area contributed by atoms with Gasteiger partial charge in [-0.3, -0.25) is 13.9 Å². The highest BCUT2D eigenvalue weighted by Gasteiger charge is 2.34. The highest BCUT2D eigenvalue weighted by atomic mass is 32.2. The van der Waals surface area contributed by atoms with E-state index in [9.17, 15) is 18.0 Å². The van der Waals surface area contributed by atoms with E-state index < -0.39 is 28.5 Å². The average Bonchev–Trinajstić information content (AvgIpc) is 2.93. The van der Waals surface area contributed by atoms with Crippen molar-refractivity contribution in [2.75, 3.05) is 18.0 Å². The molecule has 0 aliphatic carbocycles. The summed E-state index contributed by atoms with van der Waals surface area (Å²) in [4.78, 5) is 28.9. The number of benzene rings is 3. The number of aryl methyl sites for hydroxylation is 2. The van der Waals surface area contributed by atoms with Gasteiger partial charge in [-0.05, 0) is 87.2 Å². The van der Waals surface area contributed by atoms with Gasteiger partial charge in [0, 0.05) is 12.6 Å². The molecule has 0 aliphatic rings. The fraction of sp³-hybridized carbons (Fsp3) is 0.355. The number of nitrogens with one attached hydrogen (secondary N) is 1. The van der Waals surface area contributed by atoms with E-state index in [1.165, 1.54) is 17.0 Å². The first-order chi connectivity index (χ1) is 19.0. The summed E-state index contributed by atoms with van der Waals surface area (Å²) in [5, 5.41) is 2.90. The van der Waals surface area contributed by atoms with Crippen LogP contribution in [0.2, 0.25) is 0 Å². The van der Waals surface area contributed by atoms with Gasteiger partial charge in [0.15, 0.2) is 0 Å². The number of ether oxygens (including phenoxy) is 1. The van der Waals surface area contributed by atoms with Gasteiger partial charge in [0.2, 0.25) is 11.8 Å². The second-order valence-electron chi connectivity index (χ2n) is 10.1. The van der Waals surface area contributed by atoms with E-state index in [2.05, 4.69) is 5.32 Å². The number of nitrogens with zero attached hydrogens (tertiary/aromatic N) is 2. The number of methoxy groups -OCH3 is 1. The number of amides is 2. The Hall–Kier alpha value is -3.85. The first-order valence-electron chi connectivity index (χ1n) is 13.4. The molecule has 0 spiro atoms. The number of carbonyl (C=O) groups is 2. The monoisotopic (exact) mass is 565 g/mol. The predicted molar refractivity (Wildman–Crippen MR) is 158 cm³/mol. The fourth-order valence-corrected chi connectivity index (χ4v) is 5.82. The summed E-state index contributed by atoms with van der Waals surface area (Å²) in [6.07, 6.45) is 0.351. The molecule has 1 N–H and O–H groups in total. The molecule has 0 fully saturated rings. The van der Waals surface area contributed by atoms with Crippen molar-refractivity contribution in [3.05, 3.63) is 89.5 Å². The van der Waals surface area contributed by atoms with E-state index in [-0.39, 0.29) is 23.4 Å². The van der Waals surface area contributed by atoms with Gasteiger partial charge >= 0.3 is 0 Å². The molecule has 3 rings (SSSR count). The zero-order valence-electron chi connectivity index (χ0n) is 24.0. The van der Waals surface area contributed by atoms with Crippen molar-refractivity contribution in [3.8, 4) is 5.75 Å². The molecule has 214 valence electrons. The molecule has 3 aromatic carbocycles. The molecule has 0 bridgehead atoms. The zero-order chi connectivity index (χ0) is 29.4. The van der Waals surface area contributed by atoms with E-state index in [0.717, 1.165) is 21.0 Å². The first kappa shape index (κ1) is 30.7. The zero-order valence-corrected chi connectivity index (χ0v) is 24.9. The van der Waals surface area contributed by atoms with E-state index in [1.807, 2.05) is 52.8 Å². The van der Waals surface area contributed by atoms with Crippen molar-refractivity contribution < 1.29 is 22.7 Å². The molecule has 0 radical (unpaired) electrons. The van der Waals surface area contributed by atoms with Crippen LogP contribution in [-0.2, 0) is 26.2 Å². The number of rotatable bonds is 12. The molecule has 0 heterocycles. The minimum atomic E-state index is -4.10. The Balaban J connectivity index is 2.08. The highest BCUT2D eigenvalue weighted by Crippen LogP contribution is 2.27. The highest BCUT2D eigenvalue weighted by molar-refractivity contribution is 7.92. The molecule has 2 amide bonds. The van der Waals surface area contributed by atoms with Crippen molar-refractivity contribution >= 4 is 27.5 Å². The van der Waals surface area contributed by atoms with Crippen LogP contribution in [-0.4, -0.2) is 50.9 Å². The van der Waals surface area contributed by atoms with Crippen LogP contribution in [0.5, 0.6) is 5.75 Å². The molecule has 0 aliphatic heterocycles. The fourth-order valence-electron chi connectivity index (χ4n) is 4.40. The molecular formula is C31H39N3O5S. The summed E-state index contributed by atoms with van der Waals surface area (Å²) < 4.78 is 34.3. The quantitative estimate of drug-likeness (QED) is 0.339. The Labute approximate surface area is 238 Å². The standard InChI is InChI=1S/C31H39N3O5S/c1-7-29(31(36)32-22(2)3)33(20-25-12-11-13-27(19-25)39-6)30(35)21-34(26-17-16-23(4)24(5)18-26)40(37,38)28-14-9-8-10-15-28/h8-19,22,29H,7,20-21H2,1-6H3,(H,32,36)/t29-/m0/s1. The molecular weight excluding hydrogens is 526 g/mol. The molecule has 0 saturated heterocycles. The summed E-state index contributed by atoms with van der Waals surface area (Å²) in [5.41, 5.74) is 3.03. The number of hydrogen-bond acceptors (Lipinski definition) is 5. The van der Waals surface area contributed by atoms with Gasteiger partial charge in [-0.15, -0.1) is 0 Å². The Morgan fingerprint density at radius 2 is 1.62 bits per heavy atom. The third kappa shape index (κ3) is 7.41. The third-order valence-electron chi connectivity index (χ3n) is 6.69. The average molecular weight is 566 g/mol. The Bertz CT molecular complexity index is 1420. The number of carbonyl (C=O) groups excluding carboxylic acids is 2. The maximum atomic E-state index is 14.1. The van der Waals surface area contributed by atoms with Crippen LogP contribution in [0.1, 0.15) is 43.9 Å². The third-order valence-corrected chi connectivity index (χ3v) is 8.48. The van der Waals surface area contributed by atoms with E-state index in [1.54, 1.807) is 49.6 Å². The summed E-state index contributed by atoms with van der Waals surface area (Å²) >= 11 is 0. The van der Waals surface area contributed by atoms with Crippen molar-refractivity contribution in [2.45, 2.75) is 64.6 Å². The molecule has 1 atom stereocenters. The largest absolute Gasteiger partial charge is 0.497 e. The van der Waals surface area contributed by atoms with E-state index in [0.29, 0.717) is 17.9 Å². The van der Waals surface area contributed by atoms with Gasteiger partial charge in [0.25, 0.3) is 10.0 Å². The lowest BCUT2D eigenvalue weighted by atomic mass is 10.1. The van der Waals surface area contributed by atoms with Gasteiger partial charge in [0.05, 0.1) is 17.7 Å². The predicted octanol–water partition coefficient (Wildman–Crippen LogP) is 4.84. The number of hydrogen-bond donors (Lipinski definition) is 1. The van der Waals surface area contributed by atoms with E-state index >= 15 is 0 Å². The number of anilines is 1. The van der Waals surface area contributed by atoms with Gasteiger partial charge < -0.3 is 15.0 Å².